The summed E-state index contributed by atoms with van der Waals surface area (Å²) in [5.74, 6) is 0. The molecule has 2 aromatic rings. The van der Waals surface area contributed by atoms with E-state index in [9.17, 15) is 0 Å². The fraction of sp³-hybridized carbons (Fsp3) is 0.111. The van der Waals surface area contributed by atoms with Gasteiger partial charge in [-0.05, 0) is 58.0 Å². The summed E-state index contributed by atoms with van der Waals surface area (Å²) in [6.07, 6.45) is 0. The summed E-state index contributed by atoms with van der Waals surface area (Å²) in [5, 5.41) is 4.26. The molecule has 12 heavy (non-hydrogen) atoms. The highest BCUT2D eigenvalue weighted by atomic mass is 127. The third-order valence-corrected chi connectivity index (χ3v) is 4.45. The fourth-order valence-electron chi connectivity index (χ4n) is 1.20. The Morgan fingerprint density at radius 2 is 2.25 bits per heavy atom. The molecule has 0 amide bonds. The summed E-state index contributed by atoms with van der Waals surface area (Å²) in [6, 6.07) is 4.15. The highest BCUT2D eigenvalue weighted by Gasteiger charge is 2.06. The fourth-order valence-corrected chi connectivity index (χ4v) is 3.44. The molecule has 2 rings (SSSR count). The highest BCUT2D eigenvalue weighted by Crippen LogP contribution is 2.33. The first kappa shape index (κ1) is 8.78. The molecule has 0 atom stereocenters. The average Bonchev–Trinajstić information content (AvgIpc) is 2.48. The maximum absolute atomic E-state index is 6.05. The van der Waals surface area contributed by atoms with Crippen molar-refractivity contribution in [2.45, 2.75) is 6.92 Å². The maximum atomic E-state index is 6.05. The van der Waals surface area contributed by atoms with Crippen LogP contribution in [-0.2, 0) is 0 Å². The van der Waals surface area contributed by atoms with Gasteiger partial charge in [0.05, 0.1) is 0 Å². The van der Waals surface area contributed by atoms with Crippen molar-refractivity contribution in [2.75, 3.05) is 0 Å². The molecule has 0 unspecified atom stereocenters. The van der Waals surface area contributed by atoms with E-state index >= 15 is 0 Å². The number of fused-ring (bicyclic) bond motifs is 1. The zero-order valence-corrected chi connectivity index (χ0v) is 10.1. The molecule has 62 valence electrons. The number of benzene rings is 1. The first-order valence-corrected chi connectivity index (χ1v) is 5.85. The molecule has 0 radical (unpaired) electrons. The van der Waals surface area contributed by atoms with Crippen molar-refractivity contribution in [3.8, 4) is 0 Å². The molecule has 0 aliphatic carbocycles. The van der Waals surface area contributed by atoms with Crippen molar-refractivity contribution < 1.29 is 0 Å². The Morgan fingerprint density at radius 1 is 1.50 bits per heavy atom. The Labute approximate surface area is 93.7 Å². The van der Waals surface area contributed by atoms with Crippen LogP contribution in [0.1, 0.15) is 5.56 Å². The third-order valence-electron chi connectivity index (χ3n) is 1.90. The highest BCUT2D eigenvalue weighted by molar-refractivity contribution is 14.1. The second kappa shape index (κ2) is 3.16. The van der Waals surface area contributed by atoms with Crippen LogP contribution in [0.4, 0.5) is 0 Å². The Morgan fingerprint density at radius 3 is 3.00 bits per heavy atom. The van der Waals surface area contributed by atoms with E-state index in [1.807, 2.05) is 6.07 Å². The molecular formula is C9H6ClIS. The molecule has 0 fully saturated rings. The lowest BCUT2D eigenvalue weighted by molar-refractivity contribution is 1.53. The molecule has 1 aromatic carbocycles. The summed E-state index contributed by atoms with van der Waals surface area (Å²) in [4.78, 5) is 0. The van der Waals surface area contributed by atoms with E-state index in [0.717, 1.165) is 5.02 Å². The summed E-state index contributed by atoms with van der Waals surface area (Å²) in [5.41, 5.74) is 1.19. The van der Waals surface area contributed by atoms with Crippen LogP contribution in [0.15, 0.2) is 17.5 Å². The van der Waals surface area contributed by atoms with Crippen molar-refractivity contribution in [2.24, 2.45) is 0 Å². The Bertz CT molecular complexity index is 433. The minimum atomic E-state index is 0.866. The van der Waals surface area contributed by atoms with Crippen molar-refractivity contribution in [3.05, 3.63) is 31.7 Å². The van der Waals surface area contributed by atoms with Gasteiger partial charge in [-0.15, -0.1) is 11.3 Å². The number of hydrogen-bond donors (Lipinski definition) is 0. The van der Waals surface area contributed by atoms with Gasteiger partial charge in [0, 0.05) is 13.3 Å². The van der Waals surface area contributed by atoms with Crippen molar-refractivity contribution in [3.63, 3.8) is 0 Å². The molecule has 1 heterocycles. The number of halogens is 2. The largest absolute Gasteiger partial charge is 0.143 e. The van der Waals surface area contributed by atoms with E-state index in [0.29, 0.717) is 0 Å². The van der Waals surface area contributed by atoms with Gasteiger partial charge in [-0.3, -0.25) is 0 Å². The zero-order valence-electron chi connectivity index (χ0n) is 6.40. The van der Waals surface area contributed by atoms with E-state index in [2.05, 4.69) is 41.0 Å². The Hall–Kier alpha value is 0.200. The number of hydrogen-bond acceptors (Lipinski definition) is 1. The lowest BCUT2D eigenvalue weighted by Crippen LogP contribution is -1.78. The molecule has 0 saturated heterocycles. The topological polar surface area (TPSA) is 0 Å². The van der Waals surface area contributed by atoms with Gasteiger partial charge in [-0.25, -0.2) is 0 Å². The molecular weight excluding hydrogens is 303 g/mol. The van der Waals surface area contributed by atoms with Crippen LogP contribution in [0.25, 0.3) is 10.1 Å². The van der Waals surface area contributed by atoms with Crippen LogP contribution in [-0.4, -0.2) is 0 Å². The molecule has 1 aromatic heterocycles. The second-order valence-electron chi connectivity index (χ2n) is 2.63. The molecule has 0 nitrogen and oxygen atoms in total. The normalized spacial score (nSPS) is 10.9. The summed E-state index contributed by atoms with van der Waals surface area (Å²) in [6.45, 7) is 2.06. The van der Waals surface area contributed by atoms with E-state index in [1.54, 1.807) is 11.3 Å². The minimum Gasteiger partial charge on any atom is -0.143 e. The van der Waals surface area contributed by atoms with E-state index < -0.39 is 0 Å². The lowest BCUT2D eigenvalue weighted by Gasteiger charge is -2.01. The van der Waals surface area contributed by atoms with Gasteiger partial charge in [0.15, 0.2) is 0 Å². The van der Waals surface area contributed by atoms with Crippen LogP contribution < -0.4 is 0 Å². The van der Waals surface area contributed by atoms with E-state index in [4.69, 9.17) is 11.6 Å². The van der Waals surface area contributed by atoms with E-state index in [1.165, 1.54) is 19.2 Å². The first-order chi connectivity index (χ1) is 5.70. The van der Waals surface area contributed by atoms with Crippen molar-refractivity contribution in [1.82, 2.24) is 0 Å². The summed E-state index contributed by atoms with van der Waals surface area (Å²) < 4.78 is 2.59. The molecule has 0 bridgehead atoms. The lowest BCUT2D eigenvalue weighted by atomic mass is 10.1. The Balaban J connectivity index is 2.97. The molecule has 3 heteroatoms. The SMILES string of the molecule is Cc1c(Cl)cc(I)c2sccc12. The number of rotatable bonds is 0. The molecule has 0 aliphatic heterocycles. The van der Waals surface area contributed by atoms with Gasteiger partial charge in [-0.1, -0.05) is 11.6 Å². The van der Waals surface area contributed by atoms with Crippen LogP contribution >= 0.6 is 45.5 Å². The standard InChI is InChI=1S/C9H6ClIS/c1-5-6-2-3-12-9(6)8(11)4-7(5)10/h2-4H,1H3. The van der Waals surface area contributed by atoms with Gasteiger partial charge < -0.3 is 0 Å². The van der Waals surface area contributed by atoms with Gasteiger partial charge >= 0.3 is 0 Å². The van der Waals surface area contributed by atoms with Gasteiger partial charge in [0.2, 0.25) is 0 Å². The average molecular weight is 309 g/mol. The maximum Gasteiger partial charge on any atom is 0.0479 e. The monoisotopic (exact) mass is 308 g/mol. The third kappa shape index (κ3) is 1.26. The number of aryl methyl sites for hydroxylation is 1. The van der Waals surface area contributed by atoms with Crippen LogP contribution in [0.2, 0.25) is 5.02 Å². The number of thiophene rings is 1. The summed E-state index contributed by atoms with van der Waals surface area (Å²) in [7, 11) is 0. The first-order valence-electron chi connectivity index (χ1n) is 3.52. The van der Waals surface area contributed by atoms with Crippen molar-refractivity contribution in [1.29, 1.82) is 0 Å². The smallest absolute Gasteiger partial charge is 0.0479 e. The Kier molecular flexibility index (Phi) is 2.31. The van der Waals surface area contributed by atoms with Gasteiger partial charge in [0.25, 0.3) is 0 Å². The quantitative estimate of drug-likeness (QED) is 0.630. The zero-order chi connectivity index (χ0) is 8.72. The predicted molar refractivity (Wildman–Crippen MR) is 64.3 cm³/mol. The van der Waals surface area contributed by atoms with Gasteiger partial charge in [0.1, 0.15) is 0 Å². The van der Waals surface area contributed by atoms with Crippen LogP contribution in [0.3, 0.4) is 0 Å². The van der Waals surface area contributed by atoms with E-state index in [-0.39, 0.29) is 0 Å². The molecule has 0 aliphatic rings. The predicted octanol–water partition coefficient (Wildman–Crippen LogP) is 4.47. The second-order valence-corrected chi connectivity index (χ2v) is 5.11. The van der Waals surface area contributed by atoms with Gasteiger partial charge in [-0.2, -0.15) is 0 Å². The summed E-state index contributed by atoms with van der Waals surface area (Å²) >= 11 is 10.1. The van der Waals surface area contributed by atoms with Crippen molar-refractivity contribution >= 4 is 55.6 Å². The minimum absolute atomic E-state index is 0.866. The molecule has 0 spiro atoms. The van der Waals surface area contributed by atoms with Crippen LogP contribution in [0, 0.1) is 10.5 Å². The molecule has 0 N–H and O–H groups in total. The van der Waals surface area contributed by atoms with Crippen LogP contribution in [0.5, 0.6) is 0 Å². The molecule has 0 saturated carbocycles.